The minimum absolute atomic E-state index is 0.395. The highest BCUT2D eigenvalue weighted by Crippen LogP contribution is 2.42. The molecular formula is C22H34N6OS. The molecule has 2 fully saturated rings. The zero-order chi connectivity index (χ0) is 21.9. The maximum absolute atomic E-state index is 5.97. The average Bonchev–Trinajstić information content (AvgIpc) is 3.21. The van der Waals surface area contributed by atoms with Crippen LogP contribution in [0.4, 0.5) is 5.82 Å². The fourth-order valence-corrected chi connectivity index (χ4v) is 5.21. The molecular weight excluding hydrogens is 396 g/mol. The van der Waals surface area contributed by atoms with Crippen LogP contribution in [0.2, 0.25) is 0 Å². The number of anilines is 1. The molecule has 4 N–H and O–H groups in total. The number of rotatable bonds is 2. The normalized spacial score (nSPS) is 21.0. The van der Waals surface area contributed by atoms with Crippen molar-refractivity contribution in [1.29, 1.82) is 0 Å². The van der Waals surface area contributed by atoms with Crippen LogP contribution in [-0.4, -0.2) is 61.1 Å². The number of hydrogen-bond donors (Lipinski definition) is 2. The molecule has 2 saturated heterocycles. The lowest BCUT2D eigenvalue weighted by Gasteiger charge is -2.43. The van der Waals surface area contributed by atoms with Crippen molar-refractivity contribution in [2.45, 2.75) is 38.0 Å². The minimum atomic E-state index is 0.395. The van der Waals surface area contributed by atoms with Gasteiger partial charge in [0.05, 0.1) is 22.9 Å². The van der Waals surface area contributed by atoms with Crippen molar-refractivity contribution in [3.8, 4) is 0 Å². The van der Waals surface area contributed by atoms with Crippen molar-refractivity contribution in [3.05, 3.63) is 40.7 Å². The maximum atomic E-state index is 5.97. The van der Waals surface area contributed by atoms with Gasteiger partial charge in [-0.3, -0.25) is 0 Å². The topological polar surface area (TPSA) is 93.0 Å². The van der Waals surface area contributed by atoms with Crippen molar-refractivity contribution < 1.29 is 4.74 Å². The number of likely N-dealkylation sites (N-methyl/N-ethyl adjacent to an activating group) is 1. The van der Waals surface area contributed by atoms with E-state index in [0.717, 1.165) is 59.0 Å². The van der Waals surface area contributed by atoms with E-state index >= 15 is 0 Å². The number of allylic oxidation sites excluding steroid dienone is 1. The van der Waals surface area contributed by atoms with E-state index in [4.69, 9.17) is 15.5 Å². The molecule has 0 saturated carbocycles. The predicted molar refractivity (Wildman–Crippen MR) is 125 cm³/mol. The second-order valence-electron chi connectivity index (χ2n) is 8.04. The van der Waals surface area contributed by atoms with Crippen LogP contribution in [0.15, 0.2) is 45.0 Å². The molecule has 1 spiro atoms. The first-order chi connectivity index (χ1) is 14.4. The van der Waals surface area contributed by atoms with E-state index in [2.05, 4.69) is 41.1 Å². The van der Waals surface area contributed by atoms with Gasteiger partial charge in [0.15, 0.2) is 0 Å². The van der Waals surface area contributed by atoms with Crippen LogP contribution in [0.5, 0.6) is 0 Å². The van der Waals surface area contributed by atoms with Crippen LogP contribution in [0, 0.1) is 12.3 Å². The van der Waals surface area contributed by atoms with Gasteiger partial charge in [0.25, 0.3) is 0 Å². The van der Waals surface area contributed by atoms with Gasteiger partial charge in [-0.2, -0.15) is 0 Å². The summed E-state index contributed by atoms with van der Waals surface area (Å²) in [7, 11) is 3.56. The largest absolute Gasteiger partial charge is 0.383 e. The SMILES string of the molecule is C=C1C(Sc2ccnc(N)c2C)=C(C)N=C(N2CCC3(CCOC3)CC2)N1C.CN. The molecule has 8 heteroatoms. The standard InChI is InChI=1S/C21H29N5OS.CH5N/c1-14-17(5-9-23-19(14)22)28-18-15(2)24-20(25(4)16(18)3)26-10-6-21(7-11-26)8-12-27-13-21;1-2/h5,9H,3,6-8,10-13H2,1-2,4H3,(H2,22,23);2H2,1H3. The van der Waals surface area contributed by atoms with Gasteiger partial charge in [-0.25, -0.2) is 9.98 Å². The van der Waals surface area contributed by atoms with Crippen LogP contribution in [0.3, 0.4) is 0 Å². The lowest BCUT2D eigenvalue weighted by molar-refractivity contribution is 0.102. The fraction of sp³-hybridized carbons (Fsp3) is 0.545. The number of nitrogens with two attached hydrogens (primary N) is 2. The van der Waals surface area contributed by atoms with Crippen molar-refractivity contribution in [3.63, 3.8) is 0 Å². The Balaban J connectivity index is 0.00000124. The molecule has 4 heterocycles. The third kappa shape index (κ3) is 4.36. The monoisotopic (exact) mass is 430 g/mol. The van der Waals surface area contributed by atoms with E-state index < -0.39 is 0 Å². The molecule has 0 aliphatic carbocycles. The van der Waals surface area contributed by atoms with Crippen molar-refractivity contribution >= 4 is 23.5 Å². The number of hydrogen-bond acceptors (Lipinski definition) is 8. The van der Waals surface area contributed by atoms with Crippen LogP contribution in [0.1, 0.15) is 31.7 Å². The molecule has 4 rings (SSSR count). The Kier molecular flexibility index (Phi) is 7.10. The Morgan fingerprint density at radius 2 is 1.90 bits per heavy atom. The first kappa shape index (κ1) is 22.7. The summed E-state index contributed by atoms with van der Waals surface area (Å²) in [5.74, 6) is 1.58. The van der Waals surface area contributed by atoms with Crippen LogP contribution >= 0.6 is 11.8 Å². The van der Waals surface area contributed by atoms with Gasteiger partial charge in [-0.05, 0) is 51.6 Å². The molecule has 0 aromatic carbocycles. The number of nitrogen functional groups attached to an aromatic ring is 1. The second kappa shape index (κ2) is 9.41. The molecule has 0 radical (unpaired) electrons. The number of pyridine rings is 1. The molecule has 3 aliphatic heterocycles. The second-order valence-corrected chi connectivity index (χ2v) is 9.10. The summed E-state index contributed by atoms with van der Waals surface area (Å²) < 4.78 is 5.67. The number of aliphatic imine (C=N–C) groups is 1. The number of guanidine groups is 1. The lowest BCUT2D eigenvalue weighted by atomic mass is 9.78. The predicted octanol–water partition coefficient (Wildman–Crippen LogP) is 3.19. The van der Waals surface area contributed by atoms with Crippen molar-refractivity contribution in [1.82, 2.24) is 14.8 Å². The van der Waals surface area contributed by atoms with Gasteiger partial charge in [0.2, 0.25) is 5.96 Å². The Hall–Kier alpha value is -2.03. The molecule has 3 aliphatic rings. The summed E-state index contributed by atoms with van der Waals surface area (Å²) in [5.41, 5.74) is 13.8. The Bertz CT molecular complexity index is 849. The number of thioether (sulfide) groups is 1. The van der Waals surface area contributed by atoms with Gasteiger partial charge in [-0.1, -0.05) is 18.3 Å². The molecule has 1 aromatic rings. The van der Waals surface area contributed by atoms with E-state index in [1.54, 1.807) is 18.0 Å². The molecule has 0 atom stereocenters. The third-order valence-electron chi connectivity index (χ3n) is 6.26. The number of ether oxygens (including phenoxy) is 1. The molecule has 0 amide bonds. The molecule has 0 unspecified atom stereocenters. The number of piperidine rings is 1. The third-order valence-corrected chi connectivity index (χ3v) is 7.66. The highest BCUT2D eigenvalue weighted by molar-refractivity contribution is 8.03. The highest BCUT2D eigenvalue weighted by Gasteiger charge is 2.39. The smallest absolute Gasteiger partial charge is 0.205 e. The Morgan fingerprint density at radius 1 is 1.20 bits per heavy atom. The van der Waals surface area contributed by atoms with E-state index in [1.807, 2.05) is 13.0 Å². The van der Waals surface area contributed by atoms with Gasteiger partial charge in [0, 0.05) is 43.4 Å². The summed E-state index contributed by atoms with van der Waals surface area (Å²) in [6.07, 6.45) is 5.29. The van der Waals surface area contributed by atoms with E-state index in [-0.39, 0.29) is 0 Å². The van der Waals surface area contributed by atoms with E-state index in [0.29, 0.717) is 11.2 Å². The van der Waals surface area contributed by atoms with Gasteiger partial charge in [0.1, 0.15) is 5.82 Å². The fourth-order valence-electron chi connectivity index (χ4n) is 4.15. The summed E-state index contributed by atoms with van der Waals surface area (Å²) in [5, 5.41) is 0. The Morgan fingerprint density at radius 3 is 2.53 bits per heavy atom. The number of likely N-dealkylation sites (tertiary alicyclic amines) is 1. The highest BCUT2D eigenvalue weighted by atomic mass is 32.2. The molecule has 30 heavy (non-hydrogen) atoms. The molecule has 0 bridgehead atoms. The van der Waals surface area contributed by atoms with Gasteiger partial charge >= 0.3 is 0 Å². The minimum Gasteiger partial charge on any atom is -0.383 e. The van der Waals surface area contributed by atoms with Crippen LogP contribution in [0.25, 0.3) is 0 Å². The summed E-state index contributed by atoms with van der Waals surface area (Å²) in [6.45, 7) is 12.3. The molecule has 164 valence electrons. The first-order valence-corrected chi connectivity index (χ1v) is 11.2. The molecule has 1 aromatic heterocycles. The van der Waals surface area contributed by atoms with E-state index in [9.17, 15) is 0 Å². The summed E-state index contributed by atoms with van der Waals surface area (Å²) >= 11 is 1.67. The quantitative estimate of drug-likeness (QED) is 0.744. The Labute approximate surface area is 184 Å². The van der Waals surface area contributed by atoms with E-state index in [1.165, 1.54) is 26.3 Å². The van der Waals surface area contributed by atoms with Crippen LogP contribution < -0.4 is 11.5 Å². The van der Waals surface area contributed by atoms with Crippen molar-refractivity contribution in [2.75, 3.05) is 46.1 Å². The first-order valence-electron chi connectivity index (χ1n) is 10.4. The average molecular weight is 431 g/mol. The zero-order valence-electron chi connectivity index (χ0n) is 18.6. The summed E-state index contributed by atoms with van der Waals surface area (Å²) in [4.78, 5) is 15.8. The number of nitrogens with zero attached hydrogens (tertiary/aromatic N) is 4. The lowest BCUT2D eigenvalue weighted by Crippen LogP contribution is -2.49. The molecule has 7 nitrogen and oxygen atoms in total. The van der Waals surface area contributed by atoms with Gasteiger partial charge < -0.3 is 26.0 Å². The zero-order valence-corrected chi connectivity index (χ0v) is 19.4. The van der Waals surface area contributed by atoms with Crippen molar-refractivity contribution in [2.24, 2.45) is 16.1 Å². The van der Waals surface area contributed by atoms with Gasteiger partial charge in [-0.15, -0.1) is 0 Å². The summed E-state index contributed by atoms with van der Waals surface area (Å²) in [6, 6.07) is 2.00. The number of aromatic nitrogens is 1. The van der Waals surface area contributed by atoms with Crippen LogP contribution in [-0.2, 0) is 4.74 Å². The maximum Gasteiger partial charge on any atom is 0.205 e.